The molecule has 0 saturated heterocycles. The number of carbonyl (C=O) groups excluding carboxylic acids is 2. The summed E-state index contributed by atoms with van der Waals surface area (Å²) in [6, 6.07) is 24.6. The number of hydrogen-bond acceptors (Lipinski definition) is 5. The Morgan fingerprint density at radius 1 is 0.976 bits per heavy atom. The molecule has 41 heavy (non-hydrogen) atoms. The number of alkyl carbamates (subject to hydrolysis) is 1. The predicted octanol–water partition coefficient (Wildman–Crippen LogP) is 6.25. The molecule has 3 aromatic rings. The van der Waals surface area contributed by atoms with E-state index in [1.807, 2.05) is 75.4 Å². The molecule has 2 amide bonds. The van der Waals surface area contributed by atoms with E-state index in [0.29, 0.717) is 24.1 Å². The third-order valence-electron chi connectivity index (χ3n) is 7.09. The van der Waals surface area contributed by atoms with Crippen LogP contribution in [0, 0.1) is 23.2 Å². The van der Waals surface area contributed by atoms with Gasteiger partial charge >= 0.3 is 6.09 Å². The predicted molar refractivity (Wildman–Crippen MR) is 161 cm³/mol. The van der Waals surface area contributed by atoms with Crippen LogP contribution in [0.5, 0.6) is 0 Å². The molecule has 3 rings (SSSR count). The Balaban J connectivity index is 1.70. The van der Waals surface area contributed by atoms with Crippen LogP contribution in [0.2, 0.25) is 0 Å². The van der Waals surface area contributed by atoms with Gasteiger partial charge in [0.2, 0.25) is 0 Å². The lowest BCUT2D eigenvalue weighted by molar-refractivity contribution is 0.0523. The Morgan fingerprint density at radius 2 is 1.66 bits per heavy atom. The SMILES string of the molecule is CCC(C)C(NC(=O)c1ccc(-c2cccc(CNC(=O)OC(C)(C)C)c2)cc1)C(CO)Cc1cccc(C#N)c1. The average molecular weight is 556 g/mol. The minimum atomic E-state index is -0.558. The van der Waals surface area contributed by atoms with Crippen molar-refractivity contribution in [3.05, 3.63) is 95.1 Å². The van der Waals surface area contributed by atoms with Gasteiger partial charge in [-0.15, -0.1) is 0 Å². The molecule has 216 valence electrons. The number of ether oxygens (including phenoxy) is 1. The van der Waals surface area contributed by atoms with Crippen LogP contribution in [0.3, 0.4) is 0 Å². The van der Waals surface area contributed by atoms with Gasteiger partial charge in [0.05, 0.1) is 11.6 Å². The maximum Gasteiger partial charge on any atom is 0.407 e. The van der Waals surface area contributed by atoms with Crippen LogP contribution >= 0.6 is 0 Å². The summed E-state index contributed by atoms with van der Waals surface area (Å²) < 4.78 is 5.31. The average Bonchev–Trinajstić information content (AvgIpc) is 2.96. The standard InChI is InChI=1S/C34H41N3O4/c1-6-23(2)31(30(22-38)18-24-9-7-10-25(17-24)20-35)37-32(39)28-15-13-27(14-16-28)29-12-8-11-26(19-29)21-36-33(40)41-34(3,4)5/h7-17,19,23,30-31,38H,6,18,21-22H2,1-5H3,(H,36,40)(H,37,39). The Hall–Kier alpha value is -4.15. The molecule has 0 aromatic heterocycles. The van der Waals surface area contributed by atoms with Gasteiger partial charge in [0, 0.05) is 30.7 Å². The van der Waals surface area contributed by atoms with Crippen LogP contribution in [0.4, 0.5) is 4.79 Å². The van der Waals surface area contributed by atoms with Crippen LogP contribution in [0.25, 0.3) is 11.1 Å². The van der Waals surface area contributed by atoms with E-state index >= 15 is 0 Å². The quantitative estimate of drug-likeness (QED) is 0.259. The lowest BCUT2D eigenvalue weighted by atomic mass is 9.83. The summed E-state index contributed by atoms with van der Waals surface area (Å²) in [7, 11) is 0. The molecule has 0 fully saturated rings. The van der Waals surface area contributed by atoms with E-state index in [1.165, 1.54) is 0 Å². The second-order valence-corrected chi connectivity index (χ2v) is 11.5. The number of hydrogen-bond donors (Lipinski definition) is 3. The molecular formula is C34H41N3O4. The van der Waals surface area contributed by atoms with Crippen molar-refractivity contribution < 1.29 is 19.4 Å². The van der Waals surface area contributed by atoms with Crippen LogP contribution < -0.4 is 10.6 Å². The summed E-state index contributed by atoms with van der Waals surface area (Å²) in [5, 5.41) is 25.5. The summed E-state index contributed by atoms with van der Waals surface area (Å²) >= 11 is 0. The zero-order valence-corrected chi connectivity index (χ0v) is 24.6. The molecule has 0 bridgehead atoms. The largest absolute Gasteiger partial charge is 0.444 e. The molecule has 7 nitrogen and oxygen atoms in total. The maximum atomic E-state index is 13.3. The molecule has 3 N–H and O–H groups in total. The van der Waals surface area contributed by atoms with E-state index in [2.05, 4.69) is 30.6 Å². The second kappa shape index (κ2) is 14.5. The van der Waals surface area contributed by atoms with Crippen molar-refractivity contribution in [2.45, 2.75) is 65.6 Å². The Kier molecular flexibility index (Phi) is 11.1. The van der Waals surface area contributed by atoms with Gasteiger partial charge in [0.15, 0.2) is 0 Å². The third kappa shape index (κ3) is 9.47. The Bertz CT molecular complexity index is 1360. The van der Waals surface area contributed by atoms with Crippen LogP contribution in [-0.2, 0) is 17.7 Å². The van der Waals surface area contributed by atoms with E-state index in [1.54, 1.807) is 18.2 Å². The molecule has 3 atom stereocenters. The molecule has 0 aliphatic rings. The van der Waals surface area contributed by atoms with Crippen molar-refractivity contribution in [2.24, 2.45) is 11.8 Å². The number of rotatable bonds is 11. The fraction of sp³-hybridized carbons (Fsp3) is 0.382. The maximum absolute atomic E-state index is 13.3. The number of amides is 2. The van der Waals surface area contributed by atoms with Crippen molar-refractivity contribution in [3.63, 3.8) is 0 Å². The van der Waals surface area contributed by atoms with Gasteiger partial charge in [-0.2, -0.15) is 5.26 Å². The van der Waals surface area contributed by atoms with Gasteiger partial charge < -0.3 is 20.5 Å². The number of carbonyl (C=O) groups is 2. The molecule has 0 aliphatic carbocycles. The van der Waals surface area contributed by atoms with Gasteiger partial charge in [-0.1, -0.05) is 62.7 Å². The summed E-state index contributed by atoms with van der Waals surface area (Å²) in [5.74, 6) is -0.243. The van der Waals surface area contributed by atoms with Gasteiger partial charge in [0.25, 0.3) is 5.91 Å². The van der Waals surface area contributed by atoms with E-state index < -0.39 is 11.7 Å². The fourth-order valence-electron chi connectivity index (χ4n) is 4.75. The normalized spacial score (nSPS) is 13.4. The zero-order valence-electron chi connectivity index (χ0n) is 24.6. The highest BCUT2D eigenvalue weighted by molar-refractivity contribution is 5.95. The fourth-order valence-corrected chi connectivity index (χ4v) is 4.75. The molecule has 3 unspecified atom stereocenters. The molecule has 0 heterocycles. The van der Waals surface area contributed by atoms with Gasteiger partial charge in [-0.05, 0) is 85.7 Å². The highest BCUT2D eigenvalue weighted by Gasteiger charge is 2.28. The summed E-state index contributed by atoms with van der Waals surface area (Å²) in [6.45, 7) is 9.88. The molecule has 0 spiro atoms. The topological polar surface area (TPSA) is 111 Å². The lowest BCUT2D eigenvalue weighted by Crippen LogP contribution is -2.46. The number of benzene rings is 3. The number of nitrogens with zero attached hydrogens (tertiary/aromatic N) is 1. The van der Waals surface area contributed by atoms with Gasteiger partial charge in [0.1, 0.15) is 5.60 Å². The zero-order chi connectivity index (χ0) is 30.0. The van der Waals surface area contributed by atoms with Crippen LogP contribution in [-0.4, -0.2) is 35.4 Å². The highest BCUT2D eigenvalue weighted by Crippen LogP contribution is 2.24. The monoisotopic (exact) mass is 555 g/mol. The Labute approximate surface area is 243 Å². The number of aliphatic hydroxyl groups excluding tert-OH is 1. The van der Waals surface area contributed by atoms with Crippen molar-refractivity contribution >= 4 is 12.0 Å². The summed E-state index contributed by atoms with van der Waals surface area (Å²) in [4.78, 5) is 25.3. The minimum Gasteiger partial charge on any atom is -0.444 e. The van der Waals surface area contributed by atoms with E-state index in [4.69, 9.17) is 4.74 Å². The van der Waals surface area contributed by atoms with Crippen molar-refractivity contribution in [1.82, 2.24) is 10.6 Å². The first-order chi connectivity index (χ1) is 19.5. The van der Waals surface area contributed by atoms with E-state index in [-0.39, 0.29) is 30.4 Å². The molecule has 0 aliphatic heterocycles. The van der Waals surface area contributed by atoms with Crippen LogP contribution in [0.1, 0.15) is 68.1 Å². The summed E-state index contributed by atoms with van der Waals surface area (Å²) in [5.41, 5.74) is 4.36. The van der Waals surface area contributed by atoms with Crippen molar-refractivity contribution in [2.75, 3.05) is 6.61 Å². The molecule has 7 heteroatoms. The van der Waals surface area contributed by atoms with Gasteiger partial charge in [-0.25, -0.2) is 4.79 Å². The number of nitrogens with one attached hydrogen (secondary N) is 2. The molecule has 0 saturated carbocycles. The smallest absolute Gasteiger partial charge is 0.407 e. The molecule has 0 radical (unpaired) electrons. The Morgan fingerprint density at radius 3 is 2.29 bits per heavy atom. The van der Waals surface area contributed by atoms with Crippen molar-refractivity contribution in [1.29, 1.82) is 5.26 Å². The first-order valence-corrected chi connectivity index (χ1v) is 14.1. The van der Waals surface area contributed by atoms with Gasteiger partial charge in [-0.3, -0.25) is 4.79 Å². The number of nitriles is 1. The third-order valence-corrected chi connectivity index (χ3v) is 7.09. The van der Waals surface area contributed by atoms with E-state index in [9.17, 15) is 20.0 Å². The van der Waals surface area contributed by atoms with Crippen molar-refractivity contribution in [3.8, 4) is 17.2 Å². The van der Waals surface area contributed by atoms with Crippen LogP contribution in [0.15, 0.2) is 72.8 Å². The molecular weight excluding hydrogens is 514 g/mol. The minimum absolute atomic E-state index is 0.0792. The highest BCUT2D eigenvalue weighted by atomic mass is 16.6. The first-order valence-electron chi connectivity index (χ1n) is 14.1. The summed E-state index contributed by atoms with van der Waals surface area (Å²) in [6.07, 6.45) is 0.935. The van der Waals surface area contributed by atoms with E-state index in [0.717, 1.165) is 28.7 Å². The second-order valence-electron chi connectivity index (χ2n) is 11.5. The lowest BCUT2D eigenvalue weighted by Gasteiger charge is -2.31. The first kappa shape index (κ1) is 31.4. The molecule has 3 aromatic carbocycles. The number of aliphatic hydroxyl groups is 1.